The Kier molecular flexibility index (Phi) is 7.07. The van der Waals surface area contributed by atoms with Crippen LogP contribution in [0.25, 0.3) is 0 Å². The third-order valence-corrected chi connectivity index (χ3v) is 2.02. The Morgan fingerprint density at radius 1 is 1.08 bits per heavy atom. The minimum absolute atomic E-state index is 0.290. The van der Waals surface area contributed by atoms with Gasteiger partial charge in [-0.05, 0) is 19.3 Å². The van der Waals surface area contributed by atoms with Crippen LogP contribution in [0, 0.1) is 5.41 Å². The lowest BCUT2D eigenvalue weighted by Crippen LogP contribution is -2.07. The van der Waals surface area contributed by atoms with Gasteiger partial charge in [-0.1, -0.05) is 58.4 Å². The van der Waals surface area contributed by atoms with Crippen molar-refractivity contribution in [2.24, 2.45) is 5.41 Å². The molecule has 0 nitrogen and oxygen atoms in total. The van der Waals surface area contributed by atoms with Crippen LogP contribution in [-0.4, -0.2) is 0 Å². The van der Waals surface area contributed by atoms with Gasteiger partial charge in [0.1, 0.15) is 0 Å². The minimum Gasteiger partial charge on any atom is -0.0988 e. The number of hydrogen-bond acceptors (Lipinski definition) is 0. The normalized spacial score (nSPS) is 12.6. The fourth-order valence-electron chi connectivity index (χ4n) is 0.745. The van der Waals surface area contributed by atoms with Crippen LogP contribution in [0.3, 0.4) is 0 Å². The highest BCUT2D eigenvalue weighted by Gasteiger charge is 2.13. The molecule has 0 aliphatic carbocycles. The summed E-state index contributed by atoms with van der Waals surface area (Å²) in [5, 5.41) is 0. The second kappa shape index (κ2) is 6.05. The molecule has 0 saturated heterocycles. The van der Waals surface area contributed by atoms with Gasteiger partial charge < -0.3 is 0 Å². The van der Waals surface area contributed by atoms with Crippen LogP contribution < -0.4 is 0 Å². The number of allylic oxidation sites excluding steroid dienone is 3. The number of rotatable bonds is 1. The highest BCUT2D eigenvalue weighted by Crippen LogP contribution is 2.27. The van der Waals surface area contributed by atoms with Crippen LogP contribution in [0.4, 0.5) is 0 Å². The van der Waals surface area contributed by atoms with E-state index >= 15 is 0 Å². The van der Waals surface area contributed by atoms with E-state index in [1.807, 2.05) is 19.9 Å². The topological polar surface area (TPSA) is 0 Å². The molecule has 0 unspecified atom stereocenters. The molecule has 0 aromatic rings. The average Bonchev–Trinajstić information content (AvgIpc) is 2.04. The van der Waals surface area contributed by atoms with Crippen molar-refractivity contribution in [2.75, 3.05) is 0 Å². The van der Waals surface area contributed by atoms with Crippen LogP contribution in [-0.2, 0) is 0 Å². The van der Waals surface area contributed by atoms with Crippen molar-refractivity contribution in [2.45, 2.75) is 48.5 Å². The van der Waals surface area contributed by atoms with Crippen molar-refractivity contribution in [3.63, 3.8) is 0 Å². The van der Waals surface area contributed by atoms with Crippen LogP contribution in [0.15, 0.2) is 23.8 Å². The van der Waals surface area contributed by atoms with E-state index in [0.29, 0.717) is 0 Å². The summed E-state index contributed by atoms with van der Waals surface area (Å²) in [5.74, 6) is 0. The lowest BCUT2D eigenvalue weighted by atomic mass is 9.85. The quantitative estimate of drug-likeness (QED) is 0.503. The number of hydrogen-bond donors (Lipinski definition) is 0. The highest BCUT2D eigenvalue weighted by molar-refractivity contribution is 5.24. The fraction of sp³-hybridized carbons (Fsp3) is 0.667. The lowest BCUT2D eigenvalue weighted by molar-refractivity contribution is 0.500. The molecule has 0 aliphatic heterocycles. The van der Waals surface area contributed by atoms with Gasteiger partial charge >= 0.3 is 0 Å². The zero-order valence-corrected chi connectivity index (χ0v) is 9.78. The molecule has 0 fully saturated rings. The van der Waals surface area contributed by atoms with Gasteiger partial charge in [0.2, 0.25) is 0 Å². The molecule has 0 saturated carbocycles. The smallest absolute Gasteiger partial charge is 0.0170 e. The molecule has 72 valence electrons. The molecule has 0 N–H and O–H groups in total. The van der Waals surface area contributed by atoms with E-state index in [1.165, 1.54) is 11.1 Å². The van der Waals surface area contributed by atoms with Gasteiger partial charge in [0, 0.05) is 0 Å². The molecule has 12 heavy (non-hydrogen) atoms. The van der Waals surface area contributed by atoms with E-state index < -0.39 is 0 Å². The van der Waals surface area contributed by atoms with Crippen molar-refractivity contribution in [3.8, 4) is 0 Å². The van der Waals surface area contributed by atoms with Crippen LogP contribution in [0.2, 0.25) is 0 Å². The second-order valence-corrected chi connectivity index (χ2v) is 3.76. The lowest BCUT2D eigenvalue weighted by Gasteiger charge is -2.21. The Balaban J connectivity index is 0. The summed E-state index contributed by atoms with van der Waals surface area (Å²) in [7, 11) is 0. The maximum atomic E-state index is 3.74. The third-order valence-electron chi connectivity index (χ3n) is 2.02. The molecular weight excluding hydrogens is 144 g/mol. The van der Waals surface area contributed by atoms with Gasteiger partial charge in [-0.15, -0.1) is 0 Å². The molecule has 0 amide bonds. The van der Waals surface area contributed by atoms with E-state index in [4.69, 9.17) is 0 Å². The molecule has 0 radical (unpaired) electrons. The van der Waals surface area contributed by atoms with Crippen molar-refractivity contribution < 1.29 is 0 Å². The van der Waals surface area contributed by atoms with E-state index in [2.05, 4.69) is 41.2 Å². The summed E-state index contributed by atoms with van der Waals surface area (Å²) in [6, 6.07) is 0. The van der Waals surface area contributed by atoms with E-state index in [1.54, 1.807) is 0 Å². The minimum atomic E-state index is 0.290. The Labute approximate surface area is 78.4 Å². The summed E-state index contributed by atoms with van der Waals surface area (Å²) in [5.41, 5.74) is 3.01. The predicted octanol–water partition coefficient (Wildman–Crippen LogP) is 4.58. The summed E-state index contributed by atoms with van der Waals surface area (Å²) in [6.07, 6.45) is 1.92. The second-order valence-electron chi connectivity index (χ2n) is 3.76. The molecular formula is C12H24. The van der Waals surface area contributed by atoms with Gasteiger partial charge in [-0.2, -0.15) is 0 Å². The molecule has 0 atom stereocenters. The van der Waals surface area contributed by atoms with Crippen LogP contribution >= 0.6 is 0 Å². The van der Waals surface area contributed by atoms with Gasteiger partial charge in [0.05, 0.1) is 0 Å². The van der Waals surface area contributed by atoms with Crippen molar-refractivity contribution in [3.05, 3.63) is 23.8 Å². The SMILES string of the molecule is C=C/C(C)=C(/C)C(C)(C)C.CC. The molecule has 0 heteroatoms. The summed E-state index contributed by atoms with van der Waals surface area (Å²) in [4.78, 5) is 0. The molecule has 0 aliphatic rings. The molecule has 0 heterocycles. The standard InChI is InChI=1S/C10H18.C2H6/c1-7-8(2)9(3)10(4,5)6;1-2/h7H,1H2,2-6H3;1-2H3/b9-8-;. The summed E-state index contributed by atoms with van der Waals surface area (Å²) < 4.78 is 0. The fourth-order valence-corrected chi connectivity index (χ4v) is 0.745. The van der Waals surface area contributed by atoms with Crippen molar-refractivity contribution in [1.82, 2.24) is 0 Å². The first-order valence-corrected chi connectivity index (χ1v) is 4.70. The summed E-state index contributed by atoms with van der Waals surface area (Å²) in [6.45, 7) is 18.7. The van der Waals surface area contributed by atoms with E-state index in [0.717, 1.165) is 0 Å². The Morgan fingerprint density at radius 2 is 1.42 bits per heavy atom. The maximum Gasteiger partial charge on any atom is -0.0170 e. The largest absolute Gasteiger partial charge is 0.0988 e. The molecule has 0 rings (SSSR count). The van der Waals surface area contributed by atoms with Gasteiger partial charge in [-0.25, -0.2) is 0 Å². The average molecular weight is 168 g/mol. The van der Waals surface area contributed by atoms with Gasteiger partial charge in [0.15, 0.2) is 0 Å². The van der Waals surface area contributed by atoms with Crippen LogP contribution in [0.1, 0.15) is 48.5 Å². The van der Waals surface area contributed by atoms with Crippen LogP contribution in [0.5, 0.6) is 0 Å². The summed E-state index contributed by atoms with van der Waals surface area (Å²) >= 11 is 0. The molecule has 0 aromatic carbocycles. The first kappa shape index (κ1) is 14.0. The Bertz CT molecular complexity index is 153. The van der Waals surface area contributed by atoms with Crippen molar-refractivity contribution in [1.29, 1.82) is 0 Å². The molecule has 0 bridgehead atoms. The Morgan fingerprint density at radius 3 is 1.50 bits per heavy atom. The monoisotopic (exact) mass is 168 g/mol. The molecule has 0 spiro atoms. The van der Waals surface area contributed by atoms with Crippen molar-refractivity contribution >= 4 is 0 Å². The van der Waals surface area contributed by atoms with E-state index in [9.17, 15) is 0 Å². The van der Waals surface area contributed by atoms with Gasteiger partial charge in [0.25, 0.3) is 0 Å². The Hall–Kier alpha value is -0.520. The zero-order valence-electron chi connectivity index (χ0n) is 9.78. The van der Waals surface area contributed by atoms with E-state index in [-0.39, 0.29) is 5.41 Å². The predicted molar refractivity (Wildman–Crippen MR) is 59.4 cm³/mol. The highest BCUT2D eigenvalue weighted by atomic mass is 14.2. The maximum absolute atomic E-state index is 3.74. The first-order valence-electron chi connectivity index (χ1n) is 4.70. The van der Waals surface area contributed by atoms with Gasteiger partial charge in [-0.3, -0.25) is 0 Å². The molecule has 0 aromatic heterocycles. The zero-order chi connectivity index (χ0) is 10.4. The third kappa shape index (κ3) is 5.17. The first-order chi connectivity index (χ1) is 5.39.